The van der Waals surface area contributed by atoms with Gasteiger partial charge in [-0.3, -0.25) is 4.79 Å². The Morgan fingerprint density at radius 3 is 2.47 bits per heavy atom. The van der Waals surface area contributed by atoms with Crippen molar-refractivity contribution < 1.29 is 19.4 Å². The van der Waals surface area contributed by atoms with Gasteiger partial charge in [-0.1, -0.05) is 12.1 Å². The van der Waals surface area contributed by atoms with Crippen LogP contribution in [-0.4, -0.2) is 37.9 Å². The molecule has 1 aromatic carbocycles. The van der Waals surface area contributed by atoms with Crippen LogP contribution in [-0.2, 0) is 9.53 Å². The Bertz CT molecular complexity index is 391. The smallest absolute Gasteiger partial charge is 0.307 e. The van der Waals surface area contributed by atoms with Crippen LogP contribution < -0.4 is 10.1 Å². The minimum atomic E-state index is -0.778. The maximum atomic E-state index is 11.3. The largest absolute Gasteiger partial charge is 0.494 e. The predicted molar refractivity (Wildman–Crippen MR) is 72.1 cm³/mol. The van der Waals surface area contributed by atoms with Crippen LogP contribution in [0.3, 0.4) is 0 Å². The number of nitrogens with one attached hydrogen (secondary N) is 1. The molecule has 0 saturated heterocycles. The van der Waals surface area contributed by atoms with Crippen LogP contribution in [0.25, 0.3) is 0 Å². The summed E-state index contributed by atoms with van der Waals surface area (Å²) in [6, 6.07) is 6.79. The Kier molecular flexibility index (Phi) is 6.32. The number of hydrogen-bond donors (Lipinski definition) is 2. The summed E-state index contributed by atoms with van der Waals surface area (Å²) in [6.07, 6.45) is -0.666. The van der Waals surface area contributed by atoms with Gasteiger partial charge >= 0.3 is 5.97 Å². The third-order valence-corrected chi connectivity index (χ3v) is 2.90. The molecule has 106 valence electrons. The molecule has 5 nitrogen and oxygen atoms in total. The first kappa shape index (κ1) is 15.5. The third kappa shape index (κ3) is 4.54. The van der Waals surface area contributed by atoms with E-state index in [-0.39, 0.29) is 18.4 Å². The second-order valence-corrected chi connectivity index (χ2v) is 4.12. The molecule has 0 aliphatic rings. The van der Waals surface area contributed by atoms with Crippen molar-refractivity contribution in [2.45, 2.75) is 25.5 Å². The van der Waals surface area contributed by atoms with Crippen molar-refractivity contribution in [2.24, 2.45) is 0 Å². The maximum absolute atomic E-state index is 11.3. The molecule has 0 amide bonds. The van der Waals surface area contributed by atoms with Crippen molar-refractivity contribution in [1.29, 1.82) is 0 Å². The van der Waals surface area contributed by atoms with E-state index in [4.69, 9.17) is 4.74 Å². The number of rotatable bonds is 7. The van der Waals surface area contributed by atoms with Gasteiger partial charge in [0.1, 0.15) is 5.75 Å². The zero-order chi connectivity index (χ0) is 14.3. The van der Waals surface area contributed by atoms with E-state index in [1.54, 1.807) is 31.3 Å². The minimum absolute atomic E-state index is 0.112. The first-order valence-electron chi connectivity index (χ1n) is 6.27. The average molecular weight is 267 g/mol. The fraction of sp³-hybridized carbons (Fsp3) is 0.500. The second kappa shape index (κ2) is 7.76. The van der Waals surface area contributed by atoms with Crippen molar-refractivity contribution in [1.82, 2.24) is 5.32 Å². The summed E-state index contributed by atoms with van der Waals surface area (Å²) in [5.74, 6) is 0.400. The van der Waals surface area contributed by atoms with E-state index in [1.165, 1.54) is 7.11 Å². The number of ether oxygens (including phenoxy) is 2. The van der Waals surface area contributed by atoms with E-state index in [0.717, 1.165) is 11.3 Å². The van der Waals surface area contributed by atoms with Gasteiger partial charge in [0.25, 0.3) is 0 Å². The van der Waals surface area contributed by atoms with Crippen molar-refractivity contribution in [3.63, 3.8) is 0 Å². The summed E-state index contributed by atoms with van der Waals surface area (Å²) in [4.78, 5) is 11.3. The molecule has 1 aromatic rings. The van der Waals surface area contributed by atoms with Crippen molar-refractivity contribution in [2.75, 3.05) is 20.8 Å². The highest BCUT2D eigenvalue weighted by Crippen LogP contribution is 2.22. The predicted octanol–water partition coefficient (Wildman–Crippen LogP) is 1.27. The highest BCUT2D eigenvalue weighted by Gasteiger charge is 2.22. The number of likely N-dealkylation sites (N-methyl/N-ethyl adjacent to an activating group) is 1. The first-order valence-corrected chi connectivity index (χ1v) is 6.27. The van der Waals surface area contributed by atoms with Crippen LogP contribution in [0.5, 0.6) is 5.75 Å². The number of hydrogen-bond acceptors (Lipinski definition) is 5. The van der Waals surface area contributed by atoms with E-state index in [2.05, 4.69) is 10.1 Å². The summed E-state index contributed by atoms with van der Waals surface area (Å²) >= 11 is 0. The van der Waals surface area contributed by atoms with E-state index in [9.17, 15) is 9.90 Å². The lowest BCUT2D eigenvalue weighted by Gasteiger charge is -2.22. The van der Waals surface area contributed by atoms with Gasteiger partial charge < -0.3 is 19.9 Å². The van der Waals surface area contributed by atoms with E-state index in [1.807, 2.05) is 6.92 Å². The first-order chi connectivity index (χ1) is 9.12. The molecule has 0 aliphatic carbocycles. The lowest BCUT2D eigenvalue weighted by molar-refractivity contribution is -0.142. The van der Waals surface area contributed by atoms with Crippen molar-refractivity contribution >= 4 is 5.97 Å². The van der Waals surface area contributed by atoms with Crippen LogP contribution in [0, 0.1) is 0 Å². The number of esters is 1. The highest BCUT2D eigenvalue weighted by atomic mass is 16.5. The molecule has 2 N–H and O–H groups in total. The number of aliphatic hydroxyl groups is 1. The summed E-state index contributed by atoms with van der Waals surface area (Å²) in [6.45, 7) is 2.51. The van der Waals surface area contributed by atoms with Gasteiger partial charge in [0.05, 0.1) is 26.2 Å². The SMILES string of the molecule is CCOc1ccc(C(O)C(CC(=O)OC)NC)cc1. The topological polar surface area (TPSA) is 67.8 Å². The quantitative estimate of drug-likeness (QED) is 0.728. The monoisotopic (exact) mass is 267 g/mol. The summed E-state index contributed by atoms with van der Waals surface area (Å²) in [5.41, 5.74) is 0.728. The molecule has 0 spiro atoms. The van der Waals surface area contributed by atoms with E-state index >= 15 is 0 Å². The standard InChI is InChI=1S/C14H21NO4/c1-4-19-11-7-5-10(6-8-11)14(17)12(15-2)9-13(16)18-3/h5-8,12,14-15,17H,4,9H2,1-3H3. The van der Waals surface area contributed by atoms with Crippen LogP contribution in [0.1, 0.15) is 25.0 Å². The Morgan fingerprint density at radius 1 is 1.37 bits per heavy atom. The Morgan fingerprint density at radius 2 is 2.00 bits per heavy atom. The van der Waals surface area contributed by atoms with Crippen molar-refractivity contribution in [3.05, 3.63) is 29.8 Å². The van der Waals surface area contributed by atoms with Crippen molar-refractivity contribution in [3.8, 4) is 5.75 Å². The molecule has 0 saturated carbocycles. The number of aliphatic hydroxyl groups excluding tert-OH is 1. The molecule has 0 heterocycles. The fourth-order valence-corrected chi connectivity index (χ4v) is 1.79. The lowest BCUT2D eigenvalue weighted by Crippen LogP contribution is -2.34. The van der Waals surface area contributed by atoms with Gasteiger partial charge in [0.15, 0.2) is 0 Å². The molecular formula is C14H21NO4. The molecule has 0 aliphatic heterocycles. The normalized spacial score (nSPS) is 13.7. The van der Waals surface area contributed by atoms with Gasteiger partial charge in [0, 0.05) is 6.04 Å². The molecule has 19 heavy (non-hydrogen) atoms. The number of methoxy groups -OCH3 is 1. The molecule has 0 aromatic heterocycles. The van der Waals surface area contributed by atoms with Gasteiger partial charge in [-0.2, -0.15) is 0 Å². The molecule has 2 atom stereocenters. The molecule has 5 heteroatoms. The van der Waals surface area contributed by atoms with Gasteiger partial charge in [-0.05, 0) is 31.7 Å². The average Bonchev–Trinajstić information content (AvgIpc) is 2.45. The number of carbonyl (C=O) groups excluding carboxylic acids is 1. The second-order valence-electron chi connectivity index (χ2n) is 4.12. The molecule has 1 rings (SSSR count). The number of benzene rings is 1. The van der Waals surface area contributed by atoms with Crippen LogP contribution >= 0.6 is 0 Å². The minimum Gasteiger partial charge on any atom is -0.494 e. The maximum Gasteiger partial charge on any atom is 0.307 e. The summed E-state index contributed by atoms with van der Waals surface area (Å²) < 4.78 is 9.95. The van der Waals surface area contributed by atoms with Gasteiger partial charge in [-0.25, -0.2) is 0 Å². The van der Waals surface area contributed by atoms with E-state index in [0.29, 0.717) is 6.61 Å². The molecule has 2 unspecified atom stereocenters. The zero-order valence-electron chi connectivity index (χ0n) is 11.6. The Labute approximate surface area is 113 Å². The zero-order valence-corrected chi connectivity index (χ0v) is 11.6. The summed E-state index contributed by atoms with van der Waals surface area (Å²) in [5, 5.41) is 13.2. The molecule has 0 bridgehead atoms. The van der Waals surface area contributed by atoms with Crippen LogP contribution in [0.15, 0.2) is 24.3 Å². The lowest BCUT2D eigenvalue weighted by atomic mass is 10.00. The number of carbonyl (C=O) groups is 1. The van der Waals surface area contributed by atoms with Gasteiger partial charge in [-0.15, -0.1) is 0 Å². The van der Waals surface area contributed by atoms with Gasteiger partial charge in [0.2, 0.25) is 0 Å². The molecular weight excluding hydrogens is 246 g/mol. The Hall–Kier alpha value is -1.59. The molecule has 0 radical (unpaired) electrons. The third-order valence-electron chi connectivity index (χ3n) is 2.90. The fourth-order valence-electron chi connectivity index (χ4n) is 1.79. The highest BCUT2D eigenvalue weighted by molar-refractivity contribution is 5.70. The Balaban J connectivity index is 2.73. The molecule has 0 fully saturated rings. The summed E-state index contributed by atoms with van der Waals surface area (Å²) in [7, 11) is 3.03. The van der Waals surface area contributed by atoms with Crippen LogP contribution in [0.4, 0.5) is 0 Å². The van der Waals surface area contributed by atoms with Crippen LogP contribution in [0.2, 0.25) is 0 Å². The van der Waals surface area contributed by atoms with E-state index < -0.39 is 6.10 Å².